The minimum atomic E-state index is -0.895. The van der Waals surface area contributed by atoms with E-state index in [1.165, 1.54) is 37.7 Å². The number of nitrogens with one attached hydrogen (secondary N) is 2. The number of rotatable bonds is 9. The molecule has 1 unspecified atom stereocenters. The molecule has 3 rings (SSSR count). The van der Waals surface area contributed by atoms with Crippen LogP contribution in [-0.4, -0.2) is 48.6 Å². The molecule has 2 atom stereocenters. The van der Waals surface area contributed by atoms with Crippen molar-refractivity contribution in [2.24, 2.45) is 5.73 Å². The first kappa shape index (κ1) is 24.7. The number of aryl methyl sites for hydroxylation is 1. The third-order valence-electron chi connectivity index (χ3n) is 5.97. The van der Waals surface area contributed by atoms with Crippen LogP contribution in [0, 0.1) is 11.8 Å². The zero-order valence-corrected chi connectivity index (χ0v) is 19.0. The number of Topliss-reactive ketones (excluding diaryl/α,β-unsaturated/α-hetero) is 1. The number of benzene rings is 2. The third-order valence-corrected chi connectivity index (χ3v) is 5.97. The Hall–Kier alpha value is -2.98. The summed E-state index contributed by atoms with van der Waals surface area (Å²) in [5.41, 5.74) is 8.96. The molecule has 6 heteroatoms. The van der Waals surface area contributed by atoms with Crippen molar-refractivity contribution in [2.75, 3.05) is 19.7 Å². The first-order valence-corrected chi connectivity index (χ1v) is 11.7. The van der Waals surface area contributed by atoms with E-state index >= 15 is 0 Å². The van der Waals surface area contributed by atoms with Gasteiger partial charge >= 0.3 is 0 Å². The molecule has 1 saturated heterocycles. The lowest BCUT2D eigenvalue weighted by atomic mass is 9.98. The van der Waals surface area contributed by atoms with Gasteiger partial charge in [0.25, 0.3) is 5.91 Å². The number of carbonyl (C=O) groups excluding carboxylic acids is 2. The van der Waals surface area contributed by atoms with Gasteiger partial charge in [-0.3, -0.25) is 9.59 Å². The van der Waals surface area contributed by atoms with Crippen LogP contribution in [0.15, 0.2) is 48.5 Å². The van der Waals surface area contributed by atoms with Crippen LogP contribution in [0.4, 0.5) is 0 Å². The van der Waals surface area contributed by atoms with Crippen molar-refractivity contribution in [3.8, 4) is 11.8 Å². The zero-order chi connectivity index (χ0) is 23.5. The van der Waals surface area contributed by atoms with E-state index < -0.39 is 24.3 Å². The minimum Gasteiger partial charge on any atom is -0.388 e. The molecule has 33 heavy (non-hydrogen) atoms. The summed E-state index contributed by atoms with van der Waals surface area (Å²) < 4.78 is 0. The number of carbonyl (C=O) groups is 2. The number of ketones is 1. The Morgan fingerprint density at radius 2 is 1.73 bits per heavy atom. The lowest BCUT2D eigenvalue weighted by Crippen LogP contribution is -2.46. The standard InChI is InChI=1S/C27H33N3O3/c28-18-25(26(32)19-31)30-27(33)23-15-13-22(14-16-23)12-11-21-9-7-20(8-10-21)4-3-6-24-5-1-2-17-29-24/h7-10,13-16,24-25,29,31H,1-6,17-19,28H2,(H,30,33)/t24?,25-/m0/s1. The molecular weight excluding hydrogens is 414 g/mol. The molecule has 0 radical (unpaired) electrons. The maximum Gasteiger partial charge on any atom is 0.251 e. The second-order valence-corrected chi connectivity index (χ2v) is 8.45. The molecule has 2 aromatic rings. The first-order chi connectivity index (χ1) is 16.1. The Morgan fingerprint density at radius 1 is 1.06 bits per heavy atom. The Bertz CT molecular complexity index is 968. The molecule has 0 aromatic heterocycles. The lowest BCUT2D eigenvalue weighted by Gasteiger charge is -2.23. The molecule has 2 aromatic carbocycles. The molecule has 1 aliphatic heterocycles. The van der Waals surface area contributed by atoms with Crippen molar-refractivity contribution in [1.82, 2.24) is 10.6 Å². The topological polar surface area (TPSA) is 104 Å². The van der Waals surface area contributed by atoms with Crippen molar-refractivity contribution < 1.29 is 14.7 Å². The van der Waals surface area contributed by atoms with Gasteiger partial charge in [-0.1, -0.05) is 30.4 Å². The van der Waals surface area contributed by atoms with Crippen molar-refractivity contribution in [2.45, 2.75) is 50.6 Å². The maximum atomic E-state index is 12.3. The summed E-state index contributed by atoms with van der Waals surface area (Å²) >= 11 is 0. The van der Waals surface area contributed by atoms with Crippen molar-refractivity contribution >= 4 is 11.7 Å². The number of amides is 1. The third kappa shape index (κ3) is 7.83. The van der Waals surface area contributed by atoms with Crippen LogP contribution in [0.5, 0.6) is 0 Å². The highest BCUT2D eigenvalue weighted by Gasteiger charge is 2.18. The average molecular weight is 448 g/mol. The molecule has 0 aliphatic carbocycles. The molecule has 1 fully saturated rings. The van der Waals surface area contributed by atoms with Gasteiger partial charge in [-0.25, -0.2) is 0 Å². The molecule has 1 heterocycles. The quantitative estimate of drug-likeness (QED) is 0.441. The second kappa shape index (κ2) is 12.9. The zero-order valence-electron chi connectivity index (χ0n) is 19.0. The van der Waals surface area contributed by atoms with Gasteiger partial charge in [-0.2, -0.15) is 0 Å². The van der Waals surface area contributed by atoms with Crippen LogP contribution in [0.1, 0.15) is 59.2 Å². The molecule has 0 saturated carbocycles. The summed E-state index contributed by atoms with van der Waals surface area (Å²) in [6.45, 7) is 0.440. The molecule has 0 spiro atoms. The van der Waals surface area contributed by atoms with Crippen LogP contribution in [-0.2, 0) is 11.2 Å². The highest BCUT2D eigenvalue weighted by Crippen LogP contribution is 2.14. The average Bonchev–Trinajstić information content (AvgIpc) is 2.87. The largest absolute Gasteiger partial charge is 0.388 e. The highest BCUT2D eigenvalue weighted by molar-refractivity contribution is 5.98. The Morgan fingerprint density at radius 3 is 2.30 bits per heavy atom. The molecule has 174 valence electrons. The monoisotopic (exact) mass is 447 g/mol. The van der Waals surface area contributed by atoms with E-state index in [0.29, 0.717) is 11.6 Å². The normalized spacial score (nSPS) is 16.4. The number of aliphatic hydroxyl groups is 1. The van der Waals surface area contributed by atoms with Gasteiger partial charge in [0.2, 0.25) is 0 Å². The smallest absolute Gasteiger partial charge is 0.251 e. The molecule has 1 aliphatic rings. The SMILES string of the molecule is NC[C@H](NC(=O)c1ccc(C#Cc2ccc(CCCC3CCCCN3)cc2)cc1)C(=O)CO. The highest BCUT2D eigenvalue weighted by atomic mass is 16.3. The summed E-state index contributed by atoms with van der Waals surface area (Å²) in [5.74, 6) is 5.35. The number of hydrogen-bond acceptors (Lipinski definition) is 5. The van der Waals surface area contributed by atoms with Crippen molar-refractivity contribution in [1.29, 1.82) is 0 Å². The Balaban J connectivity index is 1.50. The number of nitrogens with two attached hydrogens (primary N) is 1. The molecular formula is C27H33N3O3. The van der Waals surface area contributed by atoms with Gasteiger partial charge in [-0.15, -0.1) is 0 Å². The number of hydrogen-bond donors (Lipinski definition) is 4. The molecule has 6 nitrogen and oxygen atoms in total. The van der Waals surface area contributed by atoms with E-state index in [9.17, 15) is 9.59 Å². The van der Waals surface area contributed by atoms with Gasteiger partial charge in [0.1, 0.15) is 12.6 Å². The maximum absolute atomic E-state index is 12.3. The lowest BCUT2D eigenvalue weighted by molar-refractivity contribution is -0.123. The fourth-order valence-electron chi connectivity index (χ4n) is 3.95. The van der Waals surface area contributed by atoms with E-state index in [1.807, 2.05) is 12.1 Å². The summed E-state index contributed by atoms with van der Waals surface area (Å²) in [4.78, 5) is 23.8. The number of piperidine rings is 1. The number of aliphatic hydroxyl groups excluding tert-OH is 1. The van der Waals surface area contributed by atoms with Crippen LogP contribution >= 0.6 is 0 Å². The van der Waals surface area contributed by atoms with Gasteiger partial charge in [0.05, 0.1) is 0 Å². The summed E-state index contributed by atoms with van der Waals surface area (Å²) in [5, 5.41) is 15.1. The summed E-state index contributed by atoms with van der Waals surface area (Å²) in [6.07, 6.45) is 7.48. The van der Waals surface area contributed by atoms with E-state index in [4.69, 9.17) is 10.8 Å². The Labute approximate surface area is 196 Å². The predicted octanol–water partition coefficient (Wildman–Crippen LogP) is 2.17. The van der Waals surface area contributed by atoms with Crippen LogP contribution in [0.25, 0.3) is 0 Å². The molecule has 0 bridgehead atoms. The van der Waals surface area contributed by atoms with Crippen LogP contribution < -0.4 is 16.4 Å². The van der Waals surface area contributed by atoms with E-state index in [-0.39, 0.29) is 6.54 Å². The van der Waals surface area contributed by atoms with E-state index in [2.05, 4.69) is 34.6 Å². The fraction of sp³-hybridized carbons (Fsp3) is 0.407. The predicted molar refractivity (Wildman–Crippen MR) is 130 cm³/mol. The molecule has 1 amide bonds. The van der Waals surface area contributed by atoms with E-state index in [1.54, 1.807) is 24.3 Å². The van der Waals surface area contributed by atoms with Gasteiger partial charge in [0.15, 0.2) is 5.78 Å². The minimum absolute atomic E-state index is 0.0643. The summed E-state index contributed by atoms with van der Waals surface area (Å²) in [6, 6.07) is 15.0. The van der Waals surface area contributed by atoms with Crippen molar-refractivity contribution in [3.63, 3.8) is 0 Å². The fourth-order valence-corrected chi connectivity index (χ4v) is 3.95. The van der Waals surface area contributed by atoms with Crippen LogP contribution in [0.3, 0.4) is 0 Å². The van der Waals surface area contributed by atoms with Gasteiger partial charge in [0, 0.05) is 29.3 Å². The van der Waals surface area contributed by atoms with Gasteiger partial charge in [-0.05, 0) is 80.6 Å². The Kier molecular flexibility index (Phi) is 9.64. The molecule has 5 N–H and O–H groups in total. The summed E-state index contributed by atoms with van der Waals surface area (Å²) in [7, 11) is 0. The van der Waals surface area contributed by atoms with Gasteiger partial charge < -0.3 is 21.5 Å². The van der Waals surface area contributed by atoms with Crippen molar-refractivity contribution in [3.05, 3.63) is 70.8 Å². The second-order valence-electron chi connectivity index (χ2n) is 8.45. The van der Waals surface area contributed by atoms with E-state index in [0.717, 1.165) is 24.1 Å². The first-order valence-electron chi connectivity index (χ1n) is 11.7. The van der Waals surface area contributed by atoms with Crippen LogP contribution in [0.2, 0.25) is 0 Å².